The molecule has 0 heterocycles. The van der Waals surface area contributed by atoms with Crippen LogP contribution in [0.15, 0.2) is 48.5 Å². The second-order valence-electron chi connectivity index (χ2n) is 11.9. The van der Waals surface area contributed by atoms with E-state index in [1.165, 1.54) is 62.5 Å². The topological polar surface area (TPSA) is 0 Å². The molecule has 5 rings (SSSR count). The van der Waals surface area contributed by atoms with E-state index in [-0.39, 0.29) is 15.8 Å². The van der Waals surface area contributed by atoms with Gasteiger partial charge in [0.1, 0.15) is 0 Å². The van der Waals surface area contributed by atoms with E-state index < -0.39 is 0 Å². The van der Waals surface area contributed by atoms with Gasteiger partial charge in [-0.1, -0.05) is 108 Å². The quantitative estimate of drug-likeness (QED) is 0.328. The molecule has 0 N–H and O–H groups in total. The largest absolute Gasteiger partial charge is 0.0968 e. The van der Waals surface area contributed by atoms with E-state index in [4.69, 9.17) is 0 Å². The Morgan fingerprint density at radius 1 is 0.600 bits per heavy atom. The van der Waals surface area contributed by atoms with E-state index >= 15 is 0 Å². The Balaban J connectivity index is 1.50. The van der Waals surface area contributed by atoms with Gasteiger partial charge in [-0.15, -0.1) is 0 Å². The summed E-state index contributed by atoms with van der Waals surface area (Å²) in [5, 5.41) is 3.30. The number of aryl methyl sites for hydroxylation is 2. The molecule has 3 aliphatic carbocycles. The van der Waals surface area contributed by atoms with Crippen LogP contribution in [-0.4, -0.2) is 22.6 Å². The number of hydrogen-bond donors (Lipinski definition) is 0. The van der Waals surface area contributed by atoms with Crippen LogP contribution in [0.4, 0.5) is 0 Å². The highest BCUT2D eigenvalue weighted by atomic mass is 31.1. The average molecular weight is 507 g/mol. The normalized spacial score (nSPS) is 25.4. The summed E-state index contributed by atoms with van der Waals surface area (Å²) >= 11 is 0. The van der Waals surface area contributed by atoms with Crippen molar-refractivity contribution in [3.63, 3.8) is 0 Å². The molecule has 0 spiro atoms. The minimum atomic E-state index is -0.341. The third-order valence-electron chi connectivity index (χ3n) is 9.68. The molecule has 2 aromatic rings. The van der Waals surface area contributed by atoms with Crippen molar-refractivity contribution < 1.29 is 0 Å². The monoisotopic (exact) mass is 506 g/mol. The van der Waals surface area contributed by atoms with E-state index in [9.17, 15) is 0 Å². The van der Waals surface area contributed by atoms with Crippen LogP contribution in [0.3, 0.4) is 0 Å². The molecule has 0 amide bonds. The SMILES string of the molecule is Cc1ccccc1P(c1ccccc1C)C(C)C1CCC[C@@H]1P(C1CCCCC1)C1CCCCC1. The summed E-state index contributed by atoms with van der Waals surface area (Å²) in [5.41, 5.74) is 6.99. The Bertz CT molecular complexity index is 876. The fourth-order valence-electron chi connectivity index (χ4n) is 7.93. The maximum absolute atomic E-state index is 2.68. The van der Waals surface area contributed by atoms with Crippen molar-refractivity contribution >= 4 is 26.5 Å². The zero-order valence-electron chi connectivity index (χ0n) is 22.6. The first-order valence-electron chi connectivity index (χ1n) is 14.8. The zero-order chi connectivity index (χ0) is 24.2. The van der Waals surface area contributed by atoms with Gasteiger partial charge < -0.3 is 0 Å². The van der Waals surface area contributed by atoms with E-state index in [0.29, 0.717) is 0 Å². The first-order chi connectivity index (χ1) is 17.1. The Labute approximate surface area is 218 Å². The van der Waals surface area contributed by atoms with Crippen LogP contribution in [0.1, 0.15) is 102 Å². The van der Waals surface area contributed by atoms with Gasteiger partial charge in [0, 0.05) is 0 Å². The molecule has 3 atom stereocenters. The van der Waals surface area contributed by atoms with Gasteiger partial charge in [0.2, 0.25) is 0 Å². The van der Waals surface area contributed by atoms with Gasteiger partial charge in [-0.2, -0.15) is 0 Å². The average Bonchev–Trinajstić information content (AvgIpc) is 3.37. The van der Waals surface area contributed by atoms with Crippen molar-refractivity contribution in [2.75, 3.05) is 0 Å². The Morgan fingerprint density at radius 2 is 1.09 bits per heavy atom. The summed E-state index contributed by atoms with van der Waals surface area (Å²) in [6.07, 6.45) is 19.8. The lowest BCUT2D eigenvalue weighted by molar-refractivity contribution is 0.469. The summed E-state index contributed by atoms with van der Waals surface area (Å²) < 4.78 is 0. The van der Waals surface area contributed by atoms with Crippen LogP contribution in [0.5, 0.6) is 0 Å². The molecule has 0 aliphatic heterocycles. The van der Waals surface area contributed by atoms with Gasteiger partial charge >= 0.3 is 0 Å². The van der Waals surface area contributed by atoms with Gasteiger partial charge in [0.25, 0.3) is 0 Å². The van der Waals surface area contributed by atoms with Gasteiger partial charge in [0.05, 0.1) is 0 Å². The number of rotatable bonds is 7. The van der Waals surface area contributed by atoms with E-state index in [1.54, 1.807) is 42.7 Å². The van der Waals surface area contributed by atoms with E-state index in [0.717, 1.165) is 28.6 Å². The summed E-state index contributed by atoms with van der Waals surface area (Å²) in [7, 11) is -0.178. The predicted molar refractivity (Wildman–Crippen MR) is 160 cm³/mol. The van der Waals surface area contributed by atoms with Gasteiger partial charge in [-0.3, -0.25) is 0 Å². The third-order valence-corrected chi connectivity index (χ3v) is 17.0. The molecule has 3 fully saturated rings. The molecule has 0 nitrogen and oxygen atoms in total. The van der Waals surface area contributed by atoms with Gasteiger partial charge in [-0.05, 0) is 111 Å². The minimum Gasteiger partial charge on any atom is -0.0968 e. The molecule has 0 bridgehead atoms. The van der Waals surface area contributed by atoms with Crippen molar-refractivity contribution in [1.82, 2.24) is 0 Å². The van der Waals surface area contributed by atoms with E-state index in [1.807, 2.05) is 0 Å². The minimum absolute atomic E-state index is 0.163. The van der Waals surface area contributed by atoms with Crippen LogP contribution in [0.2, 0.25) is 0 Å². The molecule has 2 aromatic carbocycles. The van der Waals surface area contributed by atoms with Crippen LogP contribution < -0.4 is 10.6 Å². The second kappa shape index (κ2) is 12.2. The Hall–Kier alpha value is -0.700. The molecular weight excluding hydrogens is 458 g/mol. The lowest BCUT2D eigenvalue weighted by Crippen LogP contribution is -2.35. The van der Waals surface area contributed by atoms with E-state index in [2.05, 4.69) is 69.3 Å². The third kappa shape index (κ3) is 5.75. The summed E-state index contributed by atoms with van der Waals surface area (Å²) in [6, 6.07) is 18.7. The molecule has 190 valence electrons. The highest BCUT2D eigenvalue weighted by molar-refractivity contribution is 7.73. The zero-order valence-corrected chi connectivity index (χ0v) is 24.4. The molecule has 0 aromatic heterocycles. The fraction of sp³-hybridized carbons (Fsp3) is 0.636. The first kappa shape index (κ1) is 25.9. The number of benzene rings is 2. The summed E-state index contributed by atoms with van der Waals surface area (Å²) in [6.45, 7) is 7.40. The van der Waals surface area contributed by atoms with Crippen molar-refractivity contribution in [1.29, 1.82) is 0 Å². The van der Waals surface area contributed by atoms with Crippen molar-refractivity contribution in [2.24, 2.45) is 5.92 Å². The fourth-order valence-corrected chi connectivity index (χ4v) is 16.3. The number of hydrogen-bond acceptors (Lipinski definition) is 0. The highest BCUT2D eigenvalue weighted by Gasteiger charge is 2.45. The lowest BCUT2D eigenvalue weighted by Gasteiger charge is -2.46. The molecule has 3 aliphatic rings. The molecule has 3 saturated carbocycles. The Morgan fingerprint density at radius 3 is 1.57 bits per heavy atom. The first-order valence-corrected chi connectivity index (χ1v) is 17.8. The van der Waals surface area contributed by atoms with Gasteiger partial charge in [0.15, 0.2) is 0 Å². The standard InChI is InChI=1S/C33H48P2/c1-25-15-10-12-22-31(25)34(32-23-13-11-16-26(32)2)27(3)30-21-14-24-33(30)35(28-17-6-4-7-18-28)29-19-8-5-9-20-29/h10-13,15-16,22-23,27-30,33H,4-9,14,17-21,24H2,1-3H3/t27?,30?,33-/m0/s1. The molecule has 0 radical (unpaired) electrons. The van der Waals surface area contributed by atoms with Gasteiger partial charge in [-0.25, -0.2) is 0 Å². The van der Waals surface area contributed by atoms with Crippen LogP contribution in [-0.2, 0) is 0 Å². The maximum atomic E-state index is 2.68. The second-order valence-corrected chi connectivity index (χ2v) is 17.4. The highest BCUT2D eigenvalue weighted by Crippen LogP contribution is 2.65. The predicted octanol–water partition coefficient (Wildman–Crippen LogP) is 9.44. The molecule has 2 heteroatoms. The van der Waals surface area contributed by atoms with Crippen molar-refractivity contribution in [3.8, 4) is 0 Å². The van der Waals surface area contributed by atoms with Crippen LogP contribution in [0, 0.1) is 19.8 Å². The molecule has 2 unspecified atom stereocenters. The smallest absolute Gasteiger partial charge is 0.0123 e. The van der Waals surface area contributed by atoms with Crippen LogP contribution >= 0.6 is 15.8 Å². The molecule has 0 saturated heterocycles. The van der Waals surface area contributed by atoms with Crippen molar-refractivity contribution in [3.05, 3.63) is 59.7 Å². The lowest BCUT2D eigenvalue weighted by atomic mass is 9.99. The Kier molecular flexibility index (Phi) is 9.06. The molecule has 35 heavy (non-hydrogen) atoms. The maximum Gasteiger partial charge on any atom is -0.0123 e. The molecular formula is C33H48P2. The van der Waals surface area contributed by atoms with Crippen LogP contribution in [0.25, 0.3) is 0 Å². The summed E-state index contributed by atoms with van der Waals surface area (Å²) in [4.78, 5) is 0. The van der Waals surface area contributed by atoms with Crippen molar-refractivity contribution in [2.45, 2.75) is 127 Å². The summed E-state index contributed by atoms with van der Waals surface area (Å²) in [5.74, 6) is 0.926.